The number of hydrogen-bond acceptors (Lipinski definition) is 4. The number of rotatable bonds is 2. The molecule has 66 valence electrons. The van der Waals surface area contributed by atoms with Crippen LogP contribution < -0.4 is 5.73 Å². The van der Waals surface area contributed by atoms with E-state index in [1.165, 1.54) is 0 Å². The van der Waals surface area contributed by atoms with E-state index in [0.29, 0.717) is 11.5 Å². The SMILES string of the molecule is CC(C)c1ncc(C(N)O)cn1. The smallest absolute Gasteiger partial charge is 0.131 e. The van der Waals surface area contributed by atoms with Crippen molar-refractivity contribution in [1.82, 2.24) is 9.97 Å². The predicted octanol–water partition coefficient (Wildman–Crippen LogP) is 0.550. The Bertz CT molecular complexity index is 216. The van der Waals surface area contributed by atoms with Crippen LogP contribution in [0, 0.1) is 0 Å². The van der Waals surface area contributed by atoms with Crippen LogP contribution in [0.3, 0.4) is 0 Å². The van der Waals surface area contributed by atoms with Crippen molar-refractivity contribution < 1.29 is 5.11 Å². The summed E-state index contributed by atoms with van der Waals surface area (Å²) >= 11 is 0. The summed E-state index contributed by atoms with van der Waals surface area (Å²) in [6.45, 7) is 4.02. The third kappa shape index (κ3) is 1.99. The third-order valence-corrected chi connectivity index (χ3v) is 1.55. The Kier molecular flexibility index (Phi) is 2.73. The maximum Gasteiger partial charge on any atom is 0.131 e. The van der Waals surface area contributed by atoms with Gasteiger partial charge in [0.25, 0.3) is 0 Å². The fourth-order valence-electron chi connectivity index (χ4n) is 0.799. The molecule has 1 heterocycles. The molecule has 4 heteroatoms. The van der Waals surface area contributed by atoms with Gasteiger partial charge < -0.3 is 10.8 Å². The molecular weight excluding hydrogens is 154 g/mol. The monoisotopic (exact) mass is 167 g/mol. The fraction of sp³-hybridized carbons (Fsp3) is 0.500. The molecule has 0 aliphatic carbocycles. The van der Waals surface area contributed by atoms with Crippen LogP contribution in [0.25, 0.3) is 0 Å². The minimum atomic E-state index is -0.980. The Labute approximate surface area is 71.5 Å². The summed E-state index contributed by atoms with van der Waals surface area (Å²) in [5.74, 6) is 1.06. The van der Waals surface area contributed by atoms with E-state index in [0.717, 1.165) is 5.82 Å². The highest BCUT2D eigenvalue weighted by Crippen LogP contribution is 2.09. The lowest BCUT2D eigenvalue weighted by Crippen LogP contribution is -2.10. The quantitative estimate of drug-likeness (QED) is 0.631. The van der Waals surface area contributed by atoms with Gasteiger partial charge >= 0.3 is 0 Å². The minimum absolute atomic E-state index is 0.300. The molecule has 1 aromatic heterocycles. The normalized spacial score (nSPS) is 13.4. The molecule has 3 N–H and O–H groups in total. The molecule has 0 aromatic carbocycles. The maximum absolute atomic E-state index is 8.95. The van der Waals surface area contributed by atoms with Gasteiger partial charge in [0.1, 0.15) is 12.1 Å². The number of aliphatic hydroxyl groups excluding tert-OH is 1. The van der Waals surface area contributed by atoms with E-state index in [1.807, 2.05) is 13.8 Å². The Balaban J connectivity index is 2.86. The summed E-state index contributed by atoms with van der Waals surface area (Å²) in [4.78, 5) is 8.10. The first-order valence-corrected chi connectivity index (χ1v) is 3.86. The zero-order chi connectivity index (χ0) is 9.14. The molecule has 0 amide bonds. The van der Waals surface area contributed by atoms with Gasteiger partial charge in [-0.05, 0) is 0 Å². The number of aliphatic hydroxyl groups is 1. The standard InChI is InChI=1S/C8H13N3O/c1-5(2)8-10-3-6(4-11-8)7(9)12/h3-5,7,12H,9H2,1-2H3. The van der Waals surface area contributed by atoms with E-state index >= 15 is 0 Å². The number of aromatic nitrogens is 2. The van der Waals surface area contributed by atoms with Crippen LogP contribution in [0.1, 0.15) is 37.4 Å². The summed E-state index contributed by atoms with van der Waals surface area (Å²) in [6.07, 6.45) is 2.12. The lowest BCUT2D eigenvalue weighted by Gasteiger charge is -2.05. The van der Waals surface area contributed by atoms with Gasteiger partial charge in [-0.3, -0.25) is 0 Å². The number of hydrogen-bond donors (Lipinski definition) is 2. The first-order valence-electron chi connectivity index (χ1n) is 3.86. The van der Waals surface area contributed by atoms with Gasteiger partial charge in [0.2, 0.25) is 0 Å². The molecule has 0 aliphatic heterocycles. The van der Waals surface area contributed by atoms with E-state index in [-0.39, 0.29) is 0 Å². The van der Waals surface area contributed by atoms with Gasteiger partial charge in [0, 0.05) is 23.9 Å². The second-order valence-electron chi connectivity index (χ2n) is 2.97. The maximum atomic E-state index is 8.95. The van der Waals surface area contributed by atoms with Crippen LogP contribution >= 0.6 is 0 Å². The molecule has 1 unspecified atom stereocenters. The highest BCUT2D eigenvalue weighted by Gasteiger charge is 2.04. The Hall–Kier alpha value is -1.00. The van der Waals surface area contributed by atoms with Crippen LogP contribution in [0.15, 0.2) is 12.4 Å². The lowest BCUT2D eigenvalue weighted by molar-refractivity contribution is 0.185. The van der Waals surface area contributed by atoms with Crippen molar-refractivity contribution in [2.24, 2.45) is 5.73 Å². The van der Waals surface area contributed by atoms with Crippen molar-refractivity contribution in [1.29, 1.82) is 0 Å². The molecule has 12 heavy (non-hydrogen) atoms. The van der Waals surface area contributed by atoms with Crippen molar-refractivity contribution in [3.05, 3.63) is 23.8 Å². The van der Waals surface area contributed by atoms with Crippen LogP contribution in [0.2, 0.25) is 0 Å². The second-order valence-corrected chi connectivity index (χ2v) is 2.97. The summed E-state index contributed by atoms with van der Waals surface area (Å²) in [6, 6.07) is 0. The number of nitrogens with two attached hydrogens (primary N) is 1. The molecule has 0 saturated carbocycles. The Morgan fingerprint density at radius 3 is 2.17 bits per heavy atom. The summed E-state index contributed by atoms with van der Waals surface area (Å²) in [7, 11) is 0. The van der Waals surface area contributed by atoms with E-state index in [4.69, 9.17) is 10.8 Å². The predicted molar refractivity (Wildman–Crippen MR) is 45.3 cm³/mol. The van der Waals surface area contributed by atoms with Crippen molar-refractivity contribution in [3.63, 3.8) is 0 Å². The molecule has 0 saturated heterocycles. The van der Waals surface area contributed by atoms with Crippen LogP contribution in [-0.4, -0.2) is 15.1 Å². The largest absolute Gasteiger partial charge is 0.374 e. The van der Waals surface area contributed by atoms with Crippen molar-refractivity contribution in [2.45, 2.75) is 26.0 Å². The summed E-state index contributed by atoms with van der Waals surface area (Å²) < 4.78 is 0. The highest BCUT2D eigenvalue weighted by molar-refractivity contribution is 5.08. The van der Waals surface area contributed by atoms with Gasteiger partial charge in [-0.1, -0.05) is 13.8 Å². The first-order chi connectivity index (χ1) is 5.61. The summed E-state index contributed by atoms with van der Waals surface area (Å²) in [5, 5.41) is 8.95. The van der Waals surface area contributed by atoms with Gasteiger partial charge in [-0.15, -0.1) is 0 Å². The lowest BCUT2D eigenvalue weighted by atomic mass is 10.2. The van der Waals surface area contributed by atoms with Gasteiger partial charge in [-0.2, -0.15) is 0 Å². The fourth-order valence-corrected chi connectivity index (χ4v) is 0.799. The van der Waals surface area contributed by atoms with Crippen LogP contribution in [0.4, 0.5) is 0 Å². The van der Waals surface area contributed by atoms with E-state index in [2.05, 4.69) is 9.97 Å². The van der Waals surface area contributed by atoms with E-state index < -0.39 is 6.23 Å². The Morgan fingerprint density at radius 2 is 1.83 bits per heavy atom. The molecule has 4 nitrogen and oxygen atoms in total. The van der Waals surface area contributed by atoms with Gasteiger partial charge in [-0.25, -0.2) is 9.97 Å². The third-order valence-electron chi connectivity index (χ3n) is 1.55. The Morgan fingerprint density at radius 1 is 1.33 bits per heavy atom. The second kappa shape index (κ2) is 3.60. The molecule has 0 spiro atoms. The molecular formula is C8H13N3O. The molecule has 0 aliphatic rings. The summed E-state index contributed by atoms with van der Waals surface area (Å²) in [5.41, 5.74) is 5.76. The zero-order valence-electron chi connectivity index (χ0n) is 7.23. The zero-order valence-corrected chi connectivity index (χ0v) is 7.23. The topological polar surface area (TPSA) is 72.0 Å². The number of nitrogens with zero attached hydrogens (tertiary/aromatic N) is 2. The molecule has 1 atom stereocenters. The minimum Gasteiger partial charge on any atom is -0.374 e. The highest BCUT2D eigenvalue weighted by atomic mass is 16.3. The first kappa shape index (κ1) is 9.09. The molecule has 1 rings (SSSR count). The van der Waals surface area contributed by atoms with Crippen LogP contribution in [0.5, 0.6) is 0 Å². The van der Waals surface area contributed by atoms with Crippen molar-refractivity contribution in [2.75, 3.05) is 0 Å². The van der Waals surface area contributed by atoms with Crippen molar-refractivity contribution in [3.8, 4) is 0 Å². The molecule has 0 radical (unpaired) electrons. The van der Waals surface area contributed by atoms with Crippen molar-refractivity contribution >= 4 is 0 Å². The average Bonchev–Trinajstić information content (AvgIpc) is 2.04. The molecule has 0 bridgehead atoms. The van der Waals surface area contributed by atoms with E-state index in [1.54, 1.807) is 12.4 Å². The average molecular weight is 167 g/mol. The van der Waals surface area contributed by atoms with Gasteiger partial charge in [0.15, 0.2) is 0 Å². The van der Waals surface area contributed by atoms with Gasteiger partial charge in [0.05, 0.1) is 0 Å². The van der Waals surface area contributed by atoms with E-state index in [9.17, 15) is 0 Å². The van der Waals surface area contributed by atoms with Crippen LogP contribution in [-0.2, 0) is 0 Å². The molecule has 0 fully saturated rings. The molecule has 1 aromatic rings.